The molecule has 0 heterocycles. The average Bonchev–Trinajstić information content (AvgIpc) is 3.77. The third-order valence-corrected chi connectivity index (χ3v) is 9.25. The zero-order valence-corrected chi connectivity index (χ0v) is 25.6. The molecule has 214 valence electrons. The third-order valence-electron chi connectivity index (χ3n) is 7.11. The molecule has 7 nitrogen and oxygen atoms in total. The lowest BCUT2D eigenvalue weighted by Gasteiger charge is -2.14. The van der Waals surface area contributed by atoms with Crippen LogP contribution in [0.25, 0.3) is 0 Å². The van der Waals surface area contributed by atoms with E-state index in [0.29, 0.717) is 28.2 Å². The molecule has 2 aliphatic rings. The third kappa shape index (κ3) is 6.55. The number of halogens is 5. The molecule has 2 saturated carbocycles. The van der Waals surface area contributed by atoms with E-state index >= 15 is 0 Å². The van der Waals surface area contributed by atoms with Crippen molar-refractivity contribution in [3.8, 4) is 0 Å². The zero-order valence-electron chi connectivity index (χ0n) is 21.8. The largest absolute Gasteiger partial charge is 0.443 e. The summed E-state index contributed by atoms with van der Waals surface area (Å²) in [5, 5.41) is 9.01. The first-order valence-corrected chi connectivity index (χ1v) is 14.5. The molecule has 3 amide bonds. The average molecular weight is 656 g/mol. The smallest absolute Gasteiger partial charge is 0.412 e. The Morgan fingerprint density at radius 3 is 2.17 bits per heavy atom. The summed E-state index contributed by atoms with van der Waals surface area (Å²) in [6.07, 6.45) is 1.19. The number of benzene rings is 3. The standard InChI is InChI=1S/C29H24Cl5N3O4/c1-14-10-18(36-27(40)41-28(2)8-9-28)6-7-21(14)37-25(38)15-4-3-5-17(11-15)35-26(39)23-22(29(23,33)34)16-12-19(30)24(32)20(31)13-16/h3-7,10-13,22-23H,8-9H2,1-2H3,(H,35,39)(H,36,40)(H,37,38). The van der Waals surface area contributed by atoms with E-state index < -0.39 is 28.2 Å². The zero-order chi connectivity index (χ0) is 29.7. The lowest BCUT2D eigenvalue weighted by atomic mass is 10.1. The predicted molar refractivity (Wildman–Crippen MR) is 164 cm³/mol. The molecule has 2 atom stereocenters. The van der Waals surface area contributed by atoms with Crippen LogP contribution < -0.4 is 16.0 Å². The summed E-state index contributed by atoms with van der Waals surface area (Å²) in [4.78, 5) is 38.2. The molecule has 0 aromatic heterocycles. The van der Waals surface area contributed by atoms with Crippen molar-refractivity contribution in [3.63, 3.8) is 0 Å². The fraction of sp³-hybridized carbons (Fsp3) is 0.276. The van der Waals surface area contributed by atoms with Gasteiger partial charge in [0.15, 0.2) is 0 Å². The lowest BCUT2D eigenvalue weighted by molar-refractivity contribution is -0.117. The molecule has 2 unspecified atom stereocenters. The maximum Gasteiger partial charge on any atom is 0.412 e. The molecule has 0 bridgehead atoms. The van der Waals surface area contributed by atoms with Gasteiger partial charge in [0, 0.05) is 28.5 Å². The molecule has 3 N–H and O–H groups in total. The number of alkyl halides is 2. The van der Waals surface area contributed by atoms with Crippen molar-refractivity contribution in [3.05, 3.63) is 86.4 Å². The summed E-state index contributed by atoms with van der Waals surface area (Å²) < 4.78 is 4.01. The second-order valence-electron chi connectivity index (χ2n) is 10.4. The van der Waals surface area contributed by atoms with Crippen LogP contribution in [-0.4, -0.2) is 27.8 Å². The van der Waals surface area contributed by atoms with E-state index in [4.69, 9.17) is 62.7 Å². The lowest BCUT2D eigenvalue weighted by Crippen LogP contribution is -2.21. The highest BCUT2D eigenvalue weighted by atomic mass is 35.5. The molecule has 2 fully saturated rings. The molecule has 41 heavy (non-hydrogen) atoms. The van der Waals surface area contributed by atoms with Crippen molar-refractivity contribution in [1.29, 1.82) is 0 Å². The van der Waals surface area contributed by atoms with Gasteiger partial charge in [-0.15, -0.1) is 23.2 Å². The number of amides is 3. The molecule has 3 aromatic carbocycles. The summed E-state index contributed by atoms with van der Waals surface area (Å²) in [5.74, 6) is -2.14. The van der Waals surface area contributed by atoms with Gasteiger partial charge in [-0.05, 0) is 86.3 Å². The number of aryl methyl sites for hydroxylation is 1. The maximum atomic E-state index is 13.1. The summed E-state index contributed by atoms with van der Waals surface area (Å²) in [6, 6.07) is 14.7. The van der Waals surface area contributed by atoms with Crippen LogP contribution in [0.1, 0.15) is 47.2 Å². The number of nitrogens with one attached hydrogen (secondary N) is 3. The van der Waals surface area contributed by atoms with Gasteiger partial charge in [-0.3, -0.25) is 14.9 Å². The van der Waals surface area contributed by atoms with E-state index in [1.807, 2.05) is 13.8 Å². The van der Waals surface area contributed by atoms with Gasteiger partial charge in [0.25, 0.3) is 5.91 Å². The van der Waals surface area contributed by atoms with Crippen LogP contribution >= 0.6 is 58.0 Å². The number of hydrogen-bond donors (Lipinski definition) is 3. The summed E-state index contributed by atoms with van der Waals surface area (Å²) in [6.45, 7) is 3.69. The van der Waals surface area contributed by atoms with E-state index in [0.717, 1.165) is 18.4 Å². The normalized spacial score (nSPS) is 19.6. The van der Waals surface area contributed by atoms with Crippen LogP contribution in [-0.2, 0) is 9.53 Å². The number of ether oxygens (including phenoxy) is 1. The Morgan fingerprint density at radius 2 is 1.54 bits per heavy atom. The van der Waals surface area contributed by atoms with E-state index in [1.165, 1.54) is 0 Å². The van der Waals surface area contributed by atoms with Crippen molar-refractivity contribution < 1.29 is 19.1 Å². The Kier molecular flexibility index (Phi) is 8.14. The molecular weight excluding hydrogens is 632 g/mol. The highest BCUT2D eigenvalue weighted by Crippen LogP contribution is 2.65. The minimum Gasteiger partial charge on any atom is -0.443 e. The molecule has 5 rings (SSSR count). The maximum absolute atomic E-state index is 13.1. The van der Waals surface area contributed by atoms with Crippen molar-refractivity contribution in [2.24, 2.45) is 5.92 Å². The summed E-state index contributed by atoms with van der Waals surface area (Å²) in [5.41, 5.74) is 2.77. The van der Waals surface area contributed by atoms with Crippen LogP contribution in [0.15, 0.2) is 54.6 Å². The number of carbonyl (C=O) groups is 3. The second kappa shape index (κ2) is 11.2. The van der Waals surface area contributed by atoms with Gasteiger partial charge < -0.3 is 15.4 Å². The fourth-order valence-electron chi connectivity index (χ4n) is 4.50. The van der Waals surface area contributed by atoms with Crippen molar-refractivity contribution in [2.45, 2.75) is 42.5 Å². The topological polar surface area (TPSA) is 96.5 Å². The van der Waals surface area contributed by atoms with E-state index in [9.17, 15) is 14.4 Å². The first kappa shape index (κ1) is 29.8. The van der Waals surface area contributed by atoms with Crippen molar-refractivity contribution in [1.82, 2.24) is 0 Å². The van der Waals surface area contributed by atoms with E-state index in [-0.39, 0.29) is 26.6 Å². The van der Waals surface area contributed by atoms with E-state index in [1.54, 1.807) is 54.6 Å². The molecule has 0 spiro atoms. The Balaban J connectivity index is 1.22. The fourth-order valence-corrected chi connectivity index (χ4v) is 5.94. The molecule has 2 aliphatic carbocycles. The van der Waals surface area contributed by atoms with Gasteiger partial charge in [-0.2, -0.15) is 0 Å². The highest BCUT2D eigenvalue weighted by molar-refractivity contribution is 6.54. The minimum atomic E-state index is -1.37. The van der Waals surface area contributed by atoms with Crippen LogP contribution in [0.2, 0.25) is 15.1 Å². The Bertz CT molecular complexity index is 1550. The highest BCUT2D eigenvalue weighted by Gasteiger charge is 2.67. The second-order valence-corrected chi connectivity index (χ2v) is 13.1. The first-order valence-electron chi connectivity index (χ1n) is 12.6. The Labute approximate surface area is 261 Å². The molecular formula is C29H24Cl5N3O4. The van der Waals surface area contributed by atoms with Gasteiger partial charge in [0.05, 0.1) is 21.0 Å². The Morgan fingerprint density at radius 1 is 0.878 bits per heavy atom. The van der Waals surface area contributed by atoms with Gasteiger partial charge >= 0.3 is 6.09 Å². The predicted octanol–water partition coefficient (Wildman–Crippen LogP) is 8.83. The minimum absolute atomic E-state index is 0.203. The molecule has 12 heteroatoms. The molecule has 3 aromatic rings. The number of anilines is 3. The van der Waals surface area contributed by atoms with Gasteiger partial charge in [-0.1, -0.05) is 40.9 Å². The van der Waals surface area contributed by atoms with Crippen LogP contribution in [0.5, 0.6) is 0 Å². The van der Waals surface area contributed by atoms with Crippen LogP contribution in [0.4, 0.5) is 21.9 Å². The number of rotatable bonds is 7. The van der Waals surface area contributed by atoms with Gasteiger partial charge in [0.2, 0.25) is 5.91 Å². The number of carbonyl (C=O) groups excluding carboxylic acids is 3. The molecule has 0 aliphatic heterocycles. The summed E-state index contributed by atoms with van der Waals surface area (Å²) >= 11 is 31.2. The molecule has 0 radical (unpaired) electrons. The quantitative estimate of drug-likeness (QED) is 0.175. The van der Waals surface area contributed by atoms with Crippen molar-refractivity contribution in [2.75, 3.05) is 16.0 Å². The Hall–Kier alpha value is -2.68. The first-order chi connectivity index (χ1) is 19.3. The van der Waals surface area contributed by atoms with Crippen LogP contribution in [0.3, 0.4) is 0 Å². The van der Waals surface area contributed by atoms with E-state index in [2.05, 4.69) is 16.0 Å². The van der Waals surface area contributed by atoms with Crippen molar-refractivity contribution >= 4 is 93.0 Å². The number of hydrogen-bond acceptors (Lipinski definition) is 4. The van der Waals surface area contributed by atoms with Crippen LogP contribution in [0, 0.1) is 12.8 Å². The van der Waals surface area contributed by atoms with Gasteiger partial charge in [0.1, 0.15) is 9.93 Å². The monoisotopic (exact) mass is 653 g/mol. The van der Waals surface area contributed by atoms with Gasteiger partial charge in [-0.25, -0.2) is 4.79 Å². The SMILES string of the molecule is Cc1cc(NC(=O)OC2(C)CC2)ccc1NC(=O)c1cccc(NC(=O)C2C(c3cc(Cl)c(Cl)c(Cl)c3)C2(Cl)Cl)c1. The summed E-state index contributed by atoms with van der Waals surface area (Å²) in [7, 11) is 0. The molecule has 0 saturated heterocycles.